The molecule has 9 nitrogen and oxygen atoms in total. The number of hydrogen-bond donors (Lipinski definition) is 2. The highest BCUT2D eigenvalue weighted by Gasteiger charge is 2.17. The summed E-state index contributed by atoms with van der Waals surface area (Å²) in [4.78, 5) is 30.0. The van der Waals surface area contributed by atoms with E-state index in [1.807, 2.05) is 4.90 Å². The molecule has 9 heteroatoms. The van der Waals surface area contributed by atoms with Crippen LogP contribution >= 0.6 is 0 Å². The molecule has 134 valence electrons. The quantitative estimate of drug-likeness (QED) is 0.722. The fourth-order valence-corrected chi connectivity index (χ4v) is 2.63. The summed E-state index contributed by atoms with van der Waals surface area (Å²) in [6, 6.07) is 0. The van der Waals surface area contributed by atoms with E-state index in [1.54, 1.807) is 0 Å². The molecule has 1 aromatic rings. The van der Waals surface area contributed by atoms with Crippen LogP contribution in [0.1, 0.15) is 32.1 Å². The highest BCUT2D eigenvalue weighted by atomic mass is 16.5. The Balaban J connectivity index is 1.83. The summed E-state index contributed by atoms with van der Waals surface area (Å²) in [5.41, 5.74) is 5.48. The molecule has 0 bridgehead atoms. The van der Waals surface area contributed by atoms with Gasteiger partial charge in [0.15, 0.2) is 0 Å². The van der Waals surface area contributed by atoms with Crippen LogP contribution in [-0.2, 0) is 20.9 Å². The second-order valence-electron chi connectivity index (χ2n) is 5.91. The van der Waals surface area contributed by atoms with Crippen LogP contribution in [0.5, 0.6) is 0 Å². The van der Waals surface area contributed by atoms with Crippen molar-refractivity contribution >= 4 is 17.8 Å². The Morgan fingerprint density at radius 1 is 1.33 bits per heavy atom. The monoisotopic (exact) mass is 338 g/mol. The number of ether oxygens (including phenoxy) is 1. The van der Waals surface area contributed by atoms with Crippen molar-refractivity contribution in [3.63, 3.8) is 0 Å². The van der Waals surface area contributed by atoms with Crippen LogP contribution in [-0.4, -0.2) is 64.3 Å². The maximum Gasteiger partial charge on any atom is 0.248 e. The zero-order valence-corrected chi connectivity index (χ0v) is 14.1. The first-order valence-electron chi connectivity index (χ1n) is 8.32. The lowest BCUT2D eigenvalue weighted by atomic mass is 10.2. The van der Waals surface area contributed by atoms with Crippen molar-refractivity contribution in [2.24, 2.45) is 5.73 Å². The third kappa shape index (κ3) is 5.57. The summed E-state index contributed by atoms with van der Waals surface area (Å²) in [5, 5.41) is 6.70. The lowest BCUT2D eigenvalue weighted by Crippen LogP contribution is -2.34. The topological polar surface area (TPSA) is 115 Å². The molecule has 3 N–H and O–H groups in total. The van der Waals surface area contributed by atoms with E-state index in [1.165, 1.54) is 31.0 Å². The van der Waals surface area contributed by atoms with Crippen molar-refractivity contribution in [3.8, 4) is 0 Å². The predicted octanol–water partition coefficient (Wildman–Crippen LogP) is -0.0170. The zero-order valence-electron chi connectivity index (χ0n) is 14.1. The average molecular weight is 338 g/mol. The standard InChI is InChI=1S/C15H26N6O3/c1-24-12(9-16)8-13(22)18-15-17-11-21(19-15)10-14(23)20-6-4-2-3-5-7-20/h11-12H,2-10,16H2,1H3,(H,18,19,22). The van der Waals surface area contributed by atoms with Gasteiger partial charge < -0.3 is 15.4 Å². The molecule has 2 rings (SSSR count). The molecule has 1 aliphatic heterocycles. The summed E-state index contributed by atoms with van der Waals surface area (Å²) in [6.07, 6.45) is 5.69. The number of nitrogens with zero attached hydrogens (tertiary/aromatic N) is 4. The summed E-state index contributed by atoms with van der Waals surface area (Å²) < 4.78 is 6.51. The van der Waals surface area contributed by atoms with Gasteiger partial charge in [0.25, 0.3) is 0 Å². The van der Waals surface area contributed by atoms with Gasteiger partial charge in [0.1, 0.15) is 12.9 Å². The van der Waals surface area contributed by atoms with Gasteiger partial charge in [0.2, 0.25) is 17.8 Å². The van der Waals surface area contributed by atoms with Gasteiger partial charge in [-0.2, -0.15) is 0 Å². The number of nitrogens with two attached hydrogens (primary N) is 1. The molecular formula is C15H26N6O3. The van der Waals surface area contributed by atoms with Crippen molar-refractivity contribution in [1.82, 2.24) is 19.7 Å². The van der Waals surface area contributed by atoms with Crippen LogP contribution < -0.4 is 11.1 Å². The molecule has 1 aliphatic rings. The number of aromatic nitrogens is 3. The highest BCUT2D eigenvalue weighted by molar-refractivity contribution is 5.89. The van der Waals surface area contributed by atoms with Gasteiger partial charge in [-0.3, -0.25) is 14.9 Å². The molecule has 0 spiro atoms. The molecule has 0 aliphatic carbocycles. The molecule has 0 radical (unpaired) electrons. The number of hydrogen-bond acceptors (Lipinski definition) is 6. The van der Waals surface area contributed by atoms with Crippen LogP contribution in [0, 0.1) is 0 Å². The fourth-order valence-electron chi connectivity index (χ4n) is 2.63. The van der Waals surface area contributed by atoms with Gasteiger partial charge in [-0.25, -0.2) is 9.67 Å². The summed E-state index contributed by atoms with van der Waals surface area (Å²) in [6.45, 7) is 1.99. The van der Waals surface area contributed by atoms with Gasteiger partial charge in [-0.1, -0.05) is 12.8 Å². The predicted molar refractivity (Wildman–Crippen MR) is 88.2 cm³/mol. The smallest absolute Gasteiger partial charge is 0.248 e. The van der Waals surface area contributed by atoms with E-state index in [-0.39, 0.29) is 43.4 Å². The Bertz CT molecular complexity index is 535. The van der Waals surface area contributed by atoms with Crippen LogP contribution in [0.25, 0.3) is 0 Å². The van der Waals surface area contributed by atoms with Crippen LogP contribution in [0.3, 0.4) is 0 Å². The number of nitrogens with one attached hydrogen (secondary N) is 1. The number of carbonyl (C=O) groups excluding carboxylic acids is 2. The third-order valence-corrected chi connectivity index (χ3v) is 4.05. The SMILES string of the molecule is COC(CN)CC(=O)Nc1ncn(CC(=O)N2CCCCCC2)n1. The largest absolute Gasteiger partial charge is 0.380 e. The van der Waals surface area contributed by atoms with Gasteiger partial charge in [0, 0.05) is 26.7 Å². The number of methoxy groups -OCH3 is 1. The molecule has 1 unspecified atom stereocenters. The molecule has 1 saturated heterocycles. The Labute approximate surface area is 141 Å². The maximum atomic E-state index is 12.3. The molecular weight excluding hydrogens is 312 g/mol. The first-order valence-corrected chi connectivity index (χ1v) is 8.32. The van der Waals surface area contributed by atoms with E-state index in [4.69, 9.17) is 10.5 Å². The van der Waals surface area contributed by atoms with Crippen molar-refractivity contribution in [3.05, 3.63) is 6.33 Å². The summed E-state index contributed by atoms with van der Waals surface area (Å²) in [5.74, 6) is -0.0679. The number of anilines is 1. The van der Waals surface area contributed by atoms with Gasteiger partial charge in [-0.05, 0) is 12.8 Å². The number of likely N-dealkylation sites (tertiary alicyclic amines) is 1. The first-order chi connectivity index (χ1) is 11.6. The number of amides is 2. The van der Waals surface area contributed by atoms with E-state index < -0.39 is 0 Å². The summed E-state index contributed by atoms with van der Waals surface area (Å²) in [7, 11) is 1.51. The van der Waals surface area contributed by atoms with Crippen LogP contribution in [0.2, 0.25) is 0 Å². The Morgan fingerprint density at radius 3 is 2.67 bits per heavy atom. The van der Waals surface area contributed by atoms with Crippen molar-refractivity contribution < 1.29 is 14.3 Å². The summed E-state index contributed by atoms with van der Waals surface area (Å²) >= 11 is 0. The van der Waals surface area contributed by atoms with Crippen LogP contribution in [0.15, 0.2) is 6.33 Å². The van der Waals surface area contributed by atoms with Crippen molar-refractivity contribution in [2.75, 3.05) is 32.1 Å². The molecule has 0 saturated carbocycles. The molecule has 1 fully saturated rings. The normalized spacial score (nSPS) is 16.5. The Kier molecular flexibility index (Phi) is 7.13. The fraction of sp³-hybridized carbons (Fsp3) is 0.733. The van der Waals surface area contributed by atoms with E-state index in [0.717, 1.165) is 25.9 Å². The minimum absolute atomic E-state index is 0.0299. The Morgan fingerprint density at radius 2 is 2.04 bits per heavy atom. The zero-order chi connectivity index (χ0) is 17.4. The van der Waals surface area contributed by atoms with E-state index >= 15 is 0 Å². The minimum atomic E-state index is -0.336. The maximum absolute atomic E-state index is 12.3. The Hall–Kier alpha value is -2.00. The highest BCUT2D eigenvalue weighted by Crippen LogP contribution is 2.10. The van der Waals surface area contributed by atoms with Gasteiger partial charge in [0.05, 0.1) is 12.5 Å². The lowest BCUT2D eigenvalue weighted by Gasteiger charge is -2.19. The lowest BCUT2D eigenvalue weighted by molar-refractivity contribution is -0.132. The molecule has 24 heavy (non-hydrogen) atoms. The van der Waals surface area contributed by atoms with Crippen molar-refractivity contribution in [1.29, 1.82) is 0 Å². The average Bonchev–Trinajstić information content (AvgIpc) is 2.84. The molecule has 1 atom stereocenters. The third-order valence-electron chi connectivity index (χ3n) is 4.05. The minimum Gasteiger partial charge on any atom is -0.380 e. The van der Waals surface area contributed by atoms with E-state index in [0.29, 0.717) is 0 Å². The second-order valence-corrected chi connectivity index (χ2v) is 5.91. The first kappa shape index (κ1) is 18.3. The van der Waals surface area contributed by atoms with Crippen LogP contribution in [0.4, 0.5) is 5.95 Å². The number of carbonyl (C=O) groups is 2. The molecule has 2 amide bonds. The van der Waals surface area contributed by atoms with E-state index in [9.17, 15) is 9.59 Å². The number of rotatable bonds is 7. The van der Waals surface area contributed by atoms with Gasteiger partial charge in [-0.15, -0.1) is 5.10 Å². The second kappa shape index (κ2) is 9.33. The molecule has 2 heterocycles. The van der Waals surface area contributed by atoms with E-state index in [2.05, 4.69) is 15.4 Å². The molecule has 0 aromatic carbocycles. The van der Waals surface area contributed by atoms with Crippen molar-refractivity contribution in [2.45, 2.75) is 44.8 Å². The molecule has 1 aromatic heterocycles. The van der Waals surface area contributed by atoms with Gasteiger partial charge >= 0.3 is 0 Å².